The van der Waals surface area contributed by atoms with E-state index in [-0.39, 0.29) is 11.8 Å². The third kappa shape index (κ3) is 4.10. The van der Waals surface area contributed by atoms with E-state index < -0.39 is 11.4 Å². The van der Waals surface area contributed by atoms with Crippen LogP contribution in [0.2, 0.25) is 0 Å². The van der Waals surface area contributed by atoms with E-state index in [2.05, 4.69) is 0 Å². The number of hydrogen-bond acceptors (Lipinski definition) is 3. The average molecular weight is 319 g/mol. The van der Waals surface area contributed by atoms with E-state index in [4.69, 9.17) is 4.74 Å². The summed E-state index contributed by atoms with van der Waals surface area (Å²) >= 11 is 0. The lowest BCUT2D eigenvalue weighted by molar-refractivity contribution is -0.151. The zero-order valence-electron chi connectivity index (χ0n) is 13.8. The van der Waals surface area contributed by atoms with Gasteiger partial charge in [0.15, 0.2) is 0 Å². The van der Waals surface area contributed by atoms with Crippen LogP contribution in [0.3, 0.4) is 0 Å². The Morgan fingerprint density at radius 3 is 2.57 bits per heavy atom. The summed E-state index contributed by atoms with van der Waals surface area (Å²) < 4.78 is 5.53. The van der Waals surface area contributed by atoms with Crippen molar-refractivity contribution in [2.75, 3.05) is 19.7 Å². The summed E-state index contributed by atoms with van der Waals surface area (Å²) in [7, 11) is 0. The molecule has 0 aromatic heterocycles. The third-order valence-electron chi connectivity index (χ3n) is 4.76. The number of rotatable bonds is 7. The van der Waals surface area contributed by atoms with Crippen LogP contribution in [-0.2, 0) is 20.9 Å². The molecule has 23 heavy (non-hydrogen) atoms. The summed E-state index contributed by atoms with van der Waals surface area (Å²) in [5.41, 5.74) is 0.270. The number of amides is 1. The van der Waals surface area contributed by atoms with Gasteiger partial charge in [0.1, 0.15) is 0 Å². The van der Waals surface area contributed by atoms with Crippen molar-refractivity contribution in [2.45, 2.75) is 33.3 Å². The molecule has 5 nitrogen and oxygen atoms in total. The Labute approximate surface area is 137 Å². The molecule has 0 radical (unpaired) electrons. The number of nitrogens with zero attached hydrogens (tertiary/aromatic N) is 1. The molecule has 1 fully saturated rings. The van der Waals surface area contributed by atoms with Crippen LogP contribution >= 0.6 is 0 Å². The van der Waals surface area contributed by atoms with Crippen molar-refractivity contribution in [1.82, 2.24) is 4.90 Å². The van der Waals surface area contributed by atoms with Crippen LogP contribution in [0, 0.1) is 11.3 Å². The molecule has 1 unspecified atom stereocenters. The highest BCUT2D eigenvalue weighted by Crippen LogP contribution is 2.38. The molecule has 1 saturated heterocycles. The number of benzene rings is 1. The van der Waals surface area contributed by atoms with Crippen LogP contribution in [-0.4, -0.2) is 41.6 Å². The predicted octanol–water partition coefficient (Wildman–Crippen LogP) is 2.55. The van der Waals surface area contributed by atoms with Crippen LogP contribution in [0.5, 0.6) is 0 Å². The number of ether oxygens (including phenoxy) is 1. The van der Waals surface area contributed by atoms with Gasteiger partial charge in [0.25, 0.3) is 0 Å². The Morgan fingerprint density at radius 2 is 2.00 bits per heavy atom. The van der Waals surface area contributed by atoms with Crippen molar-refractivity contribution in [1.29, 1.82) is 0 Å². The van der Waals surface area contributed by atoms with Gasteiger partial charge in [0.2, 0.25) is 5.91 Å². The fourth-order valence-electron chi connectivity index (χ4n) is 3.02. The van der Waals surface area contributed by atoms with Gasteiger partial charge in [-0.05, 0) is 17.9 Å². The first-order valence-electron chi connectivity index (χ1n) is 8.08. The highest BCUT2D eigenvalue weighted by atomic mass is 16.5. The maximum atomic E-state index is 12.2. The molecular weight excluding hydrogens is 294 g/mol. The fraction of sp³-hybridized carbons (Fsp3) is 0.556. The van der Waals surface area contributed by atoms with E-state index in [1.807, 2.05) is 44.2 Å². The molecule has 0 saturated carbocycles. The first-order chi connectivity index (χ1) is 11.0. The highest BCUT2D eigenvalue weighted by molar-refractivity contribution is 5.81. The SMILES string of the molecule is CC(C)C1(C(=O)O)CCN(C(=O)CCOCc2ccccc2)C1. The Morgan fingerprint density at radius 1 is 1.30 bits per heavy atom. The molecule has 0 bridgehead atoms. The molecule has 1 aromatic carbocycles. The summed E-state index contributed by atoms with van der Waals surface area (Å²) in [5, 5.41) is 9.51. The standard InChI is InChI=1S/C18H25NO4/c1-14(2)18(17(21)22)9-10-19(13-18)16(20)8-11-23-12-15-6-4-3-5-7-15/h3-7,14H,8-13H2,1-2H3,(H,21,22). The van der Waals surface area contributed by atoms with E-state index in [0.717, 1.165) is 5.56 Å². The Kier molecular flexibility index (Phi) is 5.77. The summed E-state index contributed by atoms with van der Waals surface area (Å²) in [4.78, 5) is 25.5. The van der Waals surface area contributed by atoms with E-state index in [1.165, 1.54) is 0 Å². The average Bonchev–Trinajstić information content (AvgIpc) is 2.99. The molecule has 2 rings (SSSR count). The maximum absolute atomic E-state index is 12.2. The second kappa shape index (κ2) is 7.59. The zero-order chi connectivity index (χ0) is 16.9. The third-order valence-corrected chi connectivity index (χ3v) is 4.76. The fourth-order valence-corrected chi connectivity index (χ4v) is 3.02. The number of carboxylic acids is 1. The van der Waals surface area contributed by atoms with Crippen LogP contribution in [0.15, 0.2) is 30.3 Å². The van der Waals surface area contributed by atoms with Crippen LogP contribution in [0.4, 0.5) is 0 Å². The molecular formula is C18H25NO4. The summed E-state index contributed by atoms with van der Waals surface area (Å²) in [6.45, 7) is 5.47. The topological polar surface area (TPSA) is 66.8 Å². The lowest BCUT2D eigenvalue weighted by atomic mass is 9.76. The van der Waals surface area contributed by atoms with E-state index in [0.29, 0.717) is 39.1 Å². The lowest BCUT2D eigenvalue weighted by Gasteiger charge is -2.28. The Balaban J connectivity index is 1.77. The molecule has 1 aliphatic heterocycles. The molecule has 126 valence electrons. The van der Waals surface area contributed by atoms with Gasteiger partial charge in [0.05, 0.1) is 25.0 Å². The molecule has 0 aliphatic carbocycles. The van der Waals surface area contributed by atoms with Crippen molar-refractivity contribution in [3.05, 3.63) is 35.9 Å². The van der Waals surface area contributed by atoms with Gasteiger partial charge < -0.3 is 14.7 Å². The van der Waals surface area contributed by atoms with Gasteiger partial charge in [-0.3, -0.25) is 9.59 Å². The van der Waals surface area contributed by atoms with Crippen molar-refractivity contribution < 1.29 is 19.4 Å². The summed E-state index contributed by atoms with van der Waals surface area (Å²) in [6.07, 6.45) is 0.817. The minimum absolute atomic E-state index is 0.00660. The molecule has 5 heteroatoms. The minimum atomic E-state index is -0.805. The highest BCUT2D eigenvalue weighted by Gasteiger charge is 2.48. The predicted molar refractivity (Wildman–Crippen MR) is 86.8 cm³/mol. The number of likely N-dealkylation sites (tertiary alicyclic amines) is 1. The largest absolute Gasteiger partial charge is 0.481 e. The molecule has 1 atom stereocenters. The van der Waals surface area contributed by atoms with Crippen molar-refractivity contribution in [3.8, 4) is 0 Å². The van der Waals surface area contributed by atoms with Gasteiger partial charge in [0, 0.05) is 13.1 Å². The number of hydrogen-bond donors (Lipinski definition) is 1. The van der Waals surface area contributed by atoms with Gasteiger partial charge in [-0.2, -0.15) is 0 Å². The minimum Gasteiger partial charge on any atom is -0.481 e. The number of aliphatic carboxylic acids is 1. The van der Waals surface area contributed by atoms with Gasteiger partial charge in [-0.25, -0.2) is 0 Å². The first-order valence-corrected chi connectivity index (χ1v) is 8.08. The quantitative estimate of drug-likeness (QED) is 0.784. The van der Waals surface area contributed by atoms with Gasteiger partial charge in [-0.1, -0.05) is 44.2 Å². The first kappa shape index (κ1) is 17.5. The molecule has 0 spiro atoms. The molecule has 1 amide bonds. The molecule has 1 heterocycles. The lowest BCUT2D eigenvalue weighted by Crippen LogP contribution is -2.40. The second-order valence-corrected chi connectivity index (χ2v) is 6.47. The number of carboxylic acid groups (broad SMARTS) is 1. The van der Waals surface area contributed by atoms with Gasteiger partial charge in [-0.15, -0.1) is 0 Å². The number of carbonyl (C=O) groups is 2. The summed E-state index contributed by atoms with van der Waals surface area (Å²) in [5.74, 6) is -0.822. The molecule has 1 aliphatic rings. The monoisotopic (exact) mass is 319 g/mol. The van der Waals surface area contributed by atoms with Crippen LogP contribution in [0.25, 0.3) is 0 Å². The summed E-state index contributed by atoms with van der Waals surface area (Å²) in [6, 6.07) is 9.80. The van der Waals surface area contributed by atoms with Crippen molar-refractivity contribution in [3.63, 3.8) is 0 Å². The smallest absolute Gasteiger partial charge is 0.311 e. The van der Waals surface area contributed by atoms with Crippen molar-refractivity contribution >= 4 is 11.9 Å². The van der Waals surface area contributed by atoms with Crippen LogP contribution < -0.4 is 0 Å². The van der Waals surface area contributed by atoms with Crippen LogP contribution in [0.1, 0.15) is 32.3 Å². The van der Waals surface area contributed by atoms with Gasteiger partial charge >= 0.3 is 5.97 Å². The van der Waals surface area contributed by atoms with E-state index in [1.54, 1.807) is 4.90 Å². The zero-order valence-corrected chi connectivity index (χ0v) is 13.8. The number of carbonyl (C=O) groups excluding carboxylic acids is 1. The Hall–Kier alpha value is -1.88. The normalized spacial score (nSPS) is 20.9. The van der Waals surface area contributed by atoms with E-state index >= 15 is 0 Å². The second-order valence-electron chi connectivity index (χ2n) is 6.47. The van der Waals surface area contributed by atoms with E-state index in [9.17, 15) is 14.7 Å². The molecule has 1 aromatic rings. The molecule has 1 N–H and O–H groups in total. The van der Waals surface area contributed by atoms with Crippen molar-refractivity contribution in [2.24, 2.45) is 11.3 Å². The Bertz CT molecular complexity index is 543. The maximum Gasteiger partial charge on any atom is 0.311 e.